The number of anilines is 1. The summed E-state index contributed by atoms with van der Waals surface area (Å²) in [5.74, 6) is 0.218. The molecule has 0 aromatic heterocycles. The first-order valence-electron chi connectivity index (χ1n) is 4.43. The van der Waals surface area contributed by atoms with E-state index in [4.69, 9.17) is 9.29 Å². The monoisotopic (exact) mass is 231 g/mol. The largest absolute Gasteiger partial charge is 0.494 e. The molecule has 0 aliphatic rings. The van der Waals surface area contributed by atoms with Crippen molar-refractivity contribution < 1.29 is 17.7 Å². The van der Waals surface area contributed by atoms with Crippen molar-refractivity contribution in [3.8, 4) is 5.75 Å². The van der Waals surface area contributed by atoms with Crippen LogP contribution in [0.15, 0.2) is 24.3 Å². The maximum atomic E-state index is 10.4. The zero-order chi connectivity index (χ0) is 11.3. The third-order valence-electron chi connectivity index (χ3n) is 1.62. The smallest absolute Gasteiger partial charge is 0.283 e. The van der Waals surface area contributed by atoms with E-state index in [1.165, 1.54) is 0 Å². The molecule has 0 saturated heterocycles. The van der Waals surface area contributed by atoms with Crippen LogP contribution in [0, 0.1) is 0 Å². The highest BCUT2D eigenvalue weighted by atomic mass is 32.2. The summed E-state index contributed by atoms with van der Waals surface area (Å²) >= 11 is 0. The van der Waals surface area contributed by atoms with E-state index in [1.54, 1.807) is 24.3 Å². The predicted molar refractivity (Wildman–Crippen MR) is 57.6 cm³/mol. The lowest BCUT2D eigenvalue weighted by atomic mass is 10.3. The Balaban J connectivity index is 2.57. The molecule has 0 radical (unpaired) electrons. The van der Waals surface area contributed by atoms with Gasteiger partial charge in [0.15, 0.2) is 0 Å². The second-order valence-corrected chi connectivity index (χ2v) is 4.31. The van der Waals surface area contributed by atoms with Gasteiger partial charge in [0.25, 0.3) is 10.1 Å². The highest BCUT2D eigenvalue weighted by Crippen LogP contribution is 2.15. The highest BCUT2D eigenvalue weighted by molar-refractivity contribution is 7.85. The molecule has 84 valence electrons. The minimum atomic E-state index is -3.99. The quantitative estimate of drug-likeness (QED) is 0.748. The van der Waals surface area contributed by atoms with Crippen LogP contribution in [0.5, 0.6) is 5.75 Å². The maximum Gasteiger partial charge on any atom is 0.283 e. The average Bonchev–Trinajstić information content (AvgIpc) is 2.16. The average molecular weight is 231 g/mol. The second-order valence-electron chi connectivity index (χ2n) is 2.86. The SMILES string of the molecule is CCOc1ccc(NCS(=O)(=O)O)cc1. The molecule has 0 fully saturated rings. The summed E-state index contributed by atoms with van der Waals surface area (Å²) in [5, 5.41) is 2.56. The van der Waals surface area contributed by atoms with Gasteiger partial charge in [0.1, 0.15) is 11.6 Å². The molecule has 6 heteroatoms. The van der Waals surface area contributed by atoms with E-state index in [9.17, 15) is 8.42 Å². The molecule has 1 aromatic rings. The summed E-state index contributed by atoms with van der Waals surface area (Å²) in [6.07, 6.45) is 0. The molecule has 0 aliphatic carbocycles. The number of hydrogen-bond donors (Lipinski definition) is 2. The standard InChI is InChI=1S/C9H13NO4S/c1-2-14-9-5-3-8(4-6-9)10-7-15(11,12)13/h3-6,10H,2,7H2,1H3,(H,11,12,13). The van der Waals surface area contributed by atoms with Gasteiger partial charge < -0.3 is 10.1 Å². The van der Waals surface area contributed by atoms with Crippen LogP contribution < -0.4 is 10.1 Å². The molecule has 1 aromatic carbocycles. The summed E-state index contributed by atoms with van der Waals surface area (Å²) in [6.45, 7) is 2.46. The molecule has 1 rings (SSSR count). The van der Waals surface area contributed by atoms with E-state index in [2.05, 4.69) is 5.32 Å². The predicted octanol–water partition coefficient (Wildman–Crippen LogP) is 1.34. The third kappa shape index (κ3) is 4.66. The first kappa shape index (κ1) is 11.8. The second kappa shape index (κ2) is 4.99. The molecule has 15 heavy (non-hydrogen) atoms. The lowest BCUT2D eigenvalue weighted by Crippen LogP contribution is -2.12. The van der Waals surface area contributed by atoms with Gasteiger partial charge in [-0.25, -0.2) is 0 Å². The van der Waals surface area contributed by atoms with Gasteiger partial charge in [-0.1, -0.05) is 0 Å². The topological polar surface area (TPSA) is 75.6 Å². The Bertz CT molecular complexity index is 399. The fourth-order valence-corrected chi connectivity index (χ4v) is 1.36. The maximum absolute atomic E-state index is 10.4. The van der Waals surface area contributed by atoms with Crippen LogP contribution >= 0.6 is 0 Å². The van der Waals surface area contributed by atoms with Gasteiger partial charge in [0.05, 0.1) is 6.61 Å². The van der Waals surface area contributed by atoms with E-state index < -0.39 is 16.0 Å². The molecule has 0 heterocycles. The Morgan fingerprint density at radius 1 is 1.33 bits per heavy atom. The Kier molecular flexibility index (Phi) is 3.93. The number of hydrogen-bond acceptors (Lipinski definition) is 4. The fourth-order valence-electron chi connectivity index (χ4n) is 1.01. The van der Waals surface area contributed by atoms with E-state index in [0.29, 0.717) is 12.3 Å². The molecule has 0 spiro atoms. The third-order valence-corrected chi connectivity index (χ3v) is 2.13. The van der Waals surface area contributed by atoms with E-state index >= 15 is 0 Å². The van der Waals surface area contributed by atoms with Gasteiger partial charge in [-0.3, -0.25) is 4.55 Å². The first-order chi connectivity index (χ1) is 7.01. The normalized spacial score (nSPS) is 11.1. The molecule has 0 atom stereocenters. The van der Waals surface area contributed by atoms with Crippen molar-refractivity contribution >= 4 is 15.8 Å². The van der Waals surface area contributed by atoms with Crippen LogP contribution in [0.25, 0.3) is 0 Å². The molecule has 0 saturated carbocycles. The zero-order valence-electron chi connectivity index (χ0n) is 8.30. The van der Waals surface area contributed by atoms with Crippen molar-refractivity contribution in [1.82, 2.24) is 0 Å². The molecule has 0 bridgehead atoms. The van der Waals surface area contributed by atoms with E-state index in [0.717, 1.165) is 5.75 Å². The molecular weight excluding hydrogens is 218 g/mol. The van der Waals surface area contributed by atoms with E-state index in [1.807, 2.05) is 6.92 Å². The molecule has 0 unspecified atom stereocenters. The molecular formula is C9H13NO4S. The molecule has 5 nitrogen and oxygen atoms in total. The molecule has 2 N–H and O–H groups in total. The van der Waals surface area contributed by atoms with Gasteiger partial charge in [-0.2, -0.15) is 8.42 Å². The van der Waals surface area contributed by atoms with Gasteiger partial charge in [0.2, 0.25) is 0 Å². The van der Waals surface area contributed by atoms with Crippen molar-refractivity contribution in [1.29, 1.82) is 0 Å². The zero-order valence-corrected chi connectivity index (χ0v) is 9.12. The summed E-state index contributed by atoms with van der Waals surface area (Å²) in [4.78, 5) is 0. The Labute approximate surface area is 88.8 Å². The van der Waals surface area contributed by atoms with Crippen LogP contribution in [-0.2, 0) is 10.1 Å². The number of benzene rings is 1. The lowest BCUT2D eigenvalue weighted by molar-refractivity contribution is 0.340. The Morgan fingerprint density at radius 2 is 1.93 bits per heavy atom. The Morgan fingerprint density at radius 3 is 2.40 bits per heavy atom. The van der Waals surface area contributed by atoms with Crippen molar-refractivity contribution in [2.75, 3.05) is 17.8 Å². The molecule has 0 amide bonds. The first-order valence-corrected chi connectivity index (χ1v) is 6.04. The van der Waals surface area contributed by atoms with Crippen molar-refractivity contribution in [3.63, 3.8) is 0 Å². The van der Waals surface area contributed by atoms with Crippen molar-refractivity contribution in [2.24, 2.45) is 0 Å². The fraction of sp³-hybridized carbons (Fsp3) is 0.333. The minimum Gasteiger partial charge on any atom is -0.494 e. The number of rotatable bonds is 5. The van der Waals surface area contributed by atoms with Gasteiger partial charge in [0, 0.05) is 5.69 Å². The minimum absolute atomic E-state index is 0.499. The molecule has 0 aliphatic heterocycles. The van der Waals surface area contributed by atoms with Crippen LogP contribution in [0.3, 0.4) is 0 Å². The highest BCUT2D eigenvalue weighted by Gasteiger charge is 2.03. The van der Waals surface area contributed by atoms with Crippen molar-refractivity contribution in [3.05, 3.63) is 24.3 Å². The Hall–Kier alpha value is -1.27. The van der Waals surface area contributed by atoms with Crippen LogP contribution in [0.1, 0.15) is 6.92 Å². The summed E-state index contributed by atoms with van der Waals surface area (Å²) in [7, 11) is -3.99. The van der Waals surface area contributed by atoms with Crippen molar-refractivity contribution in [2.45, 2.75) is 6.92 Å². The van der Waals surface area contributed by atoms with E-state index in [-0.39, 0.29) is 0 Å². The number of ether oxygens (including phenoxy) is 1. The lowest BCUT2D eigenvalue weighted by Gasteiger charge is -2.06. The number of nitrogens with one attached hydrogen (secondary N) is 1. The van der Waals surface area contributed by atoms with Crippen LogP contribution in [0.2, 0.25) is 0 Å². The van der Waals surface area contributed by atoms with Gasteiger partial charge in [-0.15, -0.1) is 0 Å². The summed E-state index contributed by atoms with van der Waals surface area (Å²) < 4.78 is 34.6. The van der Waals surface area contributed by atoms with Gasteiger partial charge >= 0.3 is 0 Å². The van der Waals surface area contributed by atoms with Crippen LogP contribution in [0.4, 0.5) is 5.69 Å². The summed E-state index contributed by atoms with van der Waals surface area (Å²) in [6, 6.07) is 6.79. The summed E-state index contributed by atoms with van der Waals surface area (Å²) in [5.41, 5.74) is 0.607. The van der Waals surface area contributed by atoms with Gasteiger partial charge in [-0.05, 0) is 31.2 Å². The van der Waals surface area contributed by atoms with Crippen LogP contribution in [-0.4, -0.2) is 25.5 Å².